The van der Waals surface area contributed by atoms with E-state index in [1.165, 1.54) is 6.42 Å². The molecule has 66 valence electrons. The molecule has 0 aliphatic carbocycles. The number of hydrogen-bond acceptors (Lipinski definition) is 2. The lowest BCUT2D eigenvalue weighted by Gasteiger charge is -2.05. The van der Waals surface area contributed by atoms with E-state index in [1.54, 1.807) is 0 Å². The van der Waals surface area contributed by atoms with Gasteiger partial charge in [-0.3, -0.25) is 4.79 Å². The van der Waals surface area contributed by atoms with E-state index < -0.39 is 0 Å². The number of ketones is 1. The maximum Gasteiger partial charge on any atom is 0.144 e. The number of rotatable bonds is 4. The van der Waals surface area contributed by atoms with E-state index in [4.69, 9.17) is 6.42 Å². The highest BCUT2D eigenvalue weighted by Crippen LogP contribution is 2.14. The molecule has 12 heavy (non-hydrogen) atoms. The van der Waals surface area contributed by atoms with Crippen LogP contribution in [-0.4, -0.2) is 18.9 Å². The maximum atomic E-state index is 11.0. The number of Topliss-reactive ketones (excluding diaryl/α,β-unsaturated/α-hetero) is 1. The van der Waals surface area contributed by atoms with Crippen LogP contribution in [0, 0.1) is 18.3 Å². The van der Waals surface area contributed by atoms with Crippen LogP contribution in [0.1, 0.15) is 25.7 Å². The summed E-state index contributed by atoms with van der Waals surface area (Å²) in [6, 6.07) is 0. The molecule has 1 fully saturated rings. The summed E-state index contributed by atoms with van der Waals surface area (Å²) in [5, 5.41) is 3.28. The molecule has 0 bridgehead atoms. The Bertz CT molecular complexity index is 187. The zero-order chi connectivity index (χ0) is 8.81. The summed E-state index contributed by atoms with van der Waals surface area (Å²) in [7, 11) is 0. The number of nitrogens with one attached hydrogen (secondary N) is 1. The Kier molecular flexibility index (Phi) is 3.83. The fourth-order valence-electron chi connectivity index (χ4n) is 1.53. The first-order valence-corrected chi connectivity index (χ1v) is 4.49. The minimum Gasteiger partial charge on any atom is -0.316 e. The van der Waals surface area contributed by atoms with E-state index in [0.29, 0.717) is 18.8 Å². The molecule has 1 atom stereocenters. The first-order chi connectivity index (χ1) is 5.83. The van der Waals surface area contributed by atoms with Crippen molar-refractivity contribution < 1.29 is 4.79 Å². The van der Waals surface area contributed by atoms with Crippen molar-refractivity contribution in [1.82, 2.24) is 5.32 Å². The highest BCUT2D eigenvalue weighted by molar-refractivity contribution is 5.80. The second-order valence-electron chi connectivity index (χ2n) is 3.32. The van der Waals surface area contributed by atoms with Gasteiger partial charge in [-0.05, 0) is 31.8 Å². The summed E-state index contributed by atoms with van der Waals surface area (Å²) in [6.45, 7) is 2.18. The summed E-state index contributed by atoms with van der Waals surface area (Å²) in [6.07, 6.45) is 8.22. The molecule has 0 saturated carbocycles. The molecule has 1 aliphatic rings. The normalized spacial score (nSPS) is 22.1. The van der Waals surface area contributed by atoms with Gasteiger partial charge in [-0.1, -0.05) is 5.92 Å². The van der Waals surface area contributed by atoms with Crippen LogP contribution >= 0.6 is 0 Å². The molecule has 0 radical (unpaired) electrons. The van der Waals surface area contributed by atoms with E-state index in [-0.39, 0.29) is 5.78 Å². The van der Waals surface area contributed by atoms with Gasteiger partial charge in [0.2, 0.25) is 0 Å². The Morgan fingerprint density at radius 2 is 2.50 bits per heavy atom. The van der Waals surface area contributed by atoms with Gasteiger partial charge in [-0.2, -0.15) is 0 Å². The summed E-state index contributed by atoms with van der Waals surface area (Å²) >= 11 is 0. The summed E-state index contributed by atoms with van der Waals surface area (Å²) < 4.78 is 0. The lowest BCUT2D eigenvalue weighted by atomic mass is 10.0. The van der Waals surface area contributed by atoms with Crippen molar-refractivity contribution in [3.05, 3.63) is 0 Å². The van der Waals surface area contributed by atoms with Gasteiger partial charge < -0.3 is 5.32 Å². The van der Waals surface area contributed by atoms with Crippen LogP contribution < -0.4 is 5.32 Å². The molecule has 1 heterocycles. The average molecular weight is 165 g/mol. The Morgan fingerprint density at radius 1 is 1.67 bits per heavy atom. The molecule has 1 saturated heterocycles. The third-order valence-electron chi connectivity index (χ3n) is 2.29. The molecule has 2 heteroatoms. The van der Waals surface area contributed by atoms with Gasteiger partial charge in [-0.25, -0.2) is 0 Å². The van der Waals surface area contributed by atoms with Crippen molar-refractivity contribution in [3.63, 3.8) is 0 Å². The van der Waals surface area contributed by atoms with E-state index in [0.717, 1.165) is 19.5 Å². The molecule has 1 rings (SSSR count). The second-order valence-corrected chi connectivity index (χ2v) is 3.32. The van der Waals surface area contributed by atoms with Crippen LogP contribution in [-0.2, 0) is 4.79 Å². The smallest absolute Gasteiger partial charge is 0.144 e. The van der Waals surface area contributed by atoms with Crippen LogP contribution in [0.25, 0.3) is 0 Å². The van der Waals surface area contributed by atoms with Gasteiger partial charge in [0, 0.05) is 6.42 Å². The zero-order valence-corrected chi connectivity index (χ0v) is 7.31. The molecule has 0 aromatic heterocycles. The van der Waals surface area contributed by atoms with Gasteiger partial charge in [0.25, 0.3) is 0 Å². The van der Waals surface area contributed by atoms with Crippen molar-refractivity contribution in [2.24, 2.45) is 5.92 Å². The molecular formula is C10H15NO. The lowest BCUT2D eigenvalue weighted by Crippen LogP contribution is -2.10. The van der Waals surface area contributed by atoms with Gasteiger partial charge in [-0.15, -0.1) is 6.42 Å². The average Bonchev–Trinajstić information content (AvgIpc) is 2.53. The topological polar surface area (TPSA) is 29.1 Å². The van der Waals surface area contributed by atoms with E-state index in [2.05, 4.69) is 11.2 Å². The lowest BCUT2D eigenvalue weighted by molar-refractivity contribution is -0.118. The monoisotopic (exact) mass is 165 g/mol. The van der Waals surface area contributed by atoms with Crippen LogP contribution in [0.2, 0.25) is 0 Å². The Hall–Kier alpha value is -0.810. The molecule has 0 aromatic carbocycles. The van der Waals surface area contributed by atoms with Gasteiger partial charge >= 0.3 is 0 Å². The highest BCUT2D eigenvalue weighted by Gasteiger charge is 2.14. The van der Waals surface area contributed by atoms with Crippen LogP contribution in [0.4, 0.5) is 0 Å². The quantitative estimate of drug-likeness (QED) is 0.629. The highest BCUT2D eigenvalue weighted by atomic mass is 16.1. The van der Waals surface area contributed by atoms with Gasteiger partial charge in [0.15, 0.2) is 0 Å². The number of carbonyl (C=O) groups excluding carboxylic acids is 1. The van der Waals surface area contributed by atoms with Crippen LogP contribution in [0.3, 0.4) is 0 Å². The summed E-state index contributed by atoms with van der Waals surface area (Å²) in [5.74, 6) is 3.29. The predicted octanol–water partition coefficient (Wildman–Crippen LogP) is 0.968. The minimum atomic E-state index is 0.212. The van der Waals surface area contributed by atoms with Crippen LogP contribution in [0.5, 0.6) is 0 Å². The molecule has 1 aliphatic heterocycles. The molecule has 2 nitrogen and oxygen atoms in total. The van der Waals surface area contributed by atoms with Crippen molar-refractivity contribution >= 4 is 5.78 Å². The Morgan fingerprint density at radius 3 is 3.08 bits per heavy atom. The largest absolute Gasteiger partial charge is 0.316 e. The van der Waals surface area contributed by atoms with Crippen molar-refractivity contribution in [1.29, 1.82) is 0 Å². The maximum absolute atomic E-state index is 11.0. The minimum absolute atomic E-state index is 0.212. The van der Waals surface area contributed by atoms with E-state index in [9.17, 15) is 4.79 Å². The first-order valence-electron chi connectivity index (χ1n) is 4.49. The fraction of sp³-hybridized carbons (Fsp3) is 0.700. The van der Waals surface area contributed by atoms with Gasteiger partial charge in [0.05, 0.1) is 6.42 Å². The Balaban J connectivity index is 2.08. The molecule has 0 amide bonds. The van der Waals surface area contributed by atoms with Crippen molar-refractivity contribution in [3.8, 4) is 12.3 Å². The number of carbonyl (C=O) groups is 1. The van der Waals surface area contributed by atoms with E-state index >= 15 is 0 Å². The second kappa shape index (κ2) is 4.95. The third kappa shape index (κ3) is 3.06. The first kappa shape index (κ1) is 9.28. The standard InChI is InChI=1S/C10H15NO/c1-2-3-10(12)5-4-9-6-7-11-8-9/h1,9,11H,3-8H2. The van der Waals surface area contributed by atoms with Crippen molar-refractivity contribution in [2.75, 3.05) is 13.1 Å². The summed E-state index contributed by atoms with van der Waals surface area (Å²) in [5.41, 5.74) is 0. The molecule has 1 unspecified atom stereocenters. The molecule has 0 spiro atoms. The molecule has 0 aromatic rings. The van der Waals surface area contributed by atoms with E-state index in [1.807, 2.05) is 0 Å². The van der Waals surface area contributed by atoms with Gasteiger partial charge in [0.1, 0.15) is 5.78 Å². The van der Waals surface area contributed by atoms with Crippen molar-refractivity contribution in [2.45, 2.75) is 25.7 Å². The third-order valence-corrected chi connectivity index (χ3v) is 2.29. The fourth-order valence-corrected chi connectivity index (χ4v) is 1.53. The number of terminal acetylenes is 1. The predicted molar refractivity (Wildman–Crippen MR) is 48.7 cm³/mol. The van der Waals surface area contributed by atoms with Crippen LogP contribution in [0.15, 0.2) is 0 Å². The zero-order valence-electron chi connectivity index (χ0n) is 7.31. The SMILES string of the molecule is C#CCC(=O)CCC1CCNC1. The molecule has 1 N–H and O–H groups in total. The summed E-state index contributed by atoms with van der Waals surface area (Å²) in [4.78, 5) is 11.0. The Labute approximate surface area is 73.7 Å². The number of hydrogen-bond donors (Lipinski definition) is 1. The molecular weight excluding hydrogens is 150 g/mol.